The zero-order valence-corrected chi connectivity index (χ0v) is 43.5. The fourth-order valence-electron chi connectivity index (χ4n) is 6.62. The second kappa shape index (κ2) is 47.0. The number of unbranched alkanes of at least 4 members (excludes halogenated alkanes) is 14. The SMILES string of the molecule is CC/C=C\C/C=C\C/C=C\C/C=C\C/C=C\C/C=C\C/C=C\C/C=C\C/C=C\CCCCCCCCCCCC(=O)NC(COP(=O)(O)OCC[N+](C)(C)C)C(O)/C=C/CCCCCCC. The van der Waals surface area contributed by atoms with Crippen LogP contribution in [0.1, 0.15) is 181 Å². The zero-order valence-electron chi connectivity index (χ0n) is 42.6. The predicted molar refractivity (Wildman–Crippen MR) is 285 cm³/mol. The van der Waals surface area contributed by atoms with Gasteiger partial charge in [0.15, 0.2) is 0 Å². The van der Waals surface area contributed by atoms with E-state index in [4.69, 9.17) is 9.05 Å². The summed E-state index contributed by atoms with van der Waals surface area (Å²) in [5.41, 5.74) is 0. The number of aliphatic hydroxyl groups is 1. The Bertz CT molecular complexity index is 1480. The van der Waals surface area contributed by atoms with Crippen molar-refractivity contribution in [1.29, 1.82) is 0 Å². The molecular weight excluding hydrogens is 840 g/mol. The molecule has 376 valence electrons. The van der Waals surface area contributed by atoms with Crippen LogP contribution in [0.25, 0.3) is 0 Å². The number of hydrogen-bond donors (Lipinski definition) is 3. The molecular formula is C57H98N2O6P+. The molecule has 0 aromatic heterocycles. The topological polar surface area (TPSA) is 105 Å². The Morgan fingerprint density at radius 2 is 0.909 bits per heavy atom. The number of nitrogens with zero attached hydrogens (tertiary/aromatic N) is 1. The summed E-state index contributed by atoms with van der Waals surface area (Å²) in [6, 6.07) is -0.854. The lowest BCUT2D eigenvalue weighted by Crippen LogP contribution is -2.45. The summed E-state index contributed by atoms with van der Waals surface area (Å²) in [5, 5.41) is 13.7. The van der Waals surface area contributed by atoms with Crippen LogP contribution in [0.5, 0.6) is 0 Å². The van der Waals surface area contributed by atoms with Gasteiger partial charge in [-0.1, -0.05) is 206 Å². The van der Waals surface area contributed by atoms with Crippen LogP contribution in [-0.2, 0) is 18.4 Å². The molecule has 8 nitrogen and oxygen atoms in total. The van der Waals surface area contributed by atoms with Crippen LogP contribution in [0.2, 0.25) is 0 Å². The fraction of sp³-hybridized carbons (Fsp3) is 0.632. The molecule has 3 N–H and O–H groups in total. The van der Waals surface area contributed by atoms with Gasteiger partial charge in [-0.3, -0.25) is 13.8 Å². The second-order valence-corrected chi connectivity index (χ2v) is 19.6. The number of likely N-dealkylation sites (N-methyl/N-ethyl adjacent to an activating group) is 1. The van der Waals surface area contributed by atoms with Crippen molar-refractivity contribution in [1.82, 2.24) is 5.32 Å². The van der Waals surface area contributed by atoms with Crippen molar-refractivity contribution in [2.24, 2.45) is 0 Å². The molecule has 3 atom stereocenters. The average Bonchev–Trinajstić information content (AvgIpc) is 3.28. The molecule has 0 spiro atoms. The maximum absolute atomic E-state index is 12.8. The summed E-state index contributed by atoms with van der Waals surface area (Å²) >= 11 is 0. The zero-order chi connectivity index (χ0) is 48.5. The first kappa shape index (κ1) is 62.9. The molecule has 0 aliphatic rings. The van der Waals surface area contributed by atoms with E-state index in [-0.39, 0.29) is 19.1 Å². The summed E-state index contributed by atoms with van der Waals surface area (Å²) < 4.78 is 23.5. The summed E-state index contributed by atoms with van der Waals surface area (Å²) in [6.45, 7) is 4.60. The smallest absolute Gasteiger partial charge is 0.387 e. The van der Waals surface area contributed by atoms with Crippen LogP contribution in [0, 0.1) is 0 Å². The van der Waals surface area contributed by atoms with E-state index in [1.165, 1.54) is 57.8 Å². The molecule has 1 amide bonds. The van der Waals surface area contributed by atoms with E-state index in [0.29, 0.717) is 17.4 Å². The molecule has 3 unspecified atom stereocenters. The molecule has 0 aromatic carbocycles. The van der Waals surface area contributed by atoms with Crippen LogP contribution in [0.3, 0.4) is 0 Å². The third-order valence-electron chi connectivity index (χ3n) is 10.7. The first-order chi connectivity index (χ1) is 32.0. The number of rotatable bonds is 45. The summed E-state index contributed by atoms with van der Waals surface area (Å²) in [4.78, 5) is 23.1. The first-order valence-electron chi connectivity index (χ1n) is 25.9. The van der Waals surface area contributed by atoms with Crippen LogP contribution in [0.15, 0.2) is 122 Å². The lowest BCUT2D eigenvalue weighted by molar-refractivity contribution is -0.870. The molecule has 0 bridgehead atoms. The highest BCUT2D eigenvalue weighted by Gasteiger charge is 2.27. The number of phosphoric acid groups is 1. The van der Waals surface area contributed by atoms with Crippen molar-refractivity contribution in [3.63, 3.8) is 0 Å². The van der Waals surface area contributed by atoms with Crippen molar-refractivity contribution in [3.05, 3.63) is 122 Å². The van der Waals surface area contributed by atoms with Gasteiger partial charge in [-0.25, -0.2) is 4.57 Å². The summed E-state index contributed by atoms with van der Waals surface area (Å²) in [7, 11) is 1.55. The lowest BCUT2D eigenvalue weighted by Gasteiger charge is -2.25. The maximum atomic E-state index is 12.8. The van der Waals surface area contributed by atoms with Gasteiger partial charge in [-0.05, 0) is 89.9 Å². The van der Waals surface area contributed by atoms with E-state index in [0.717, 1.165) is 103 Å². The van der Waals surface area contributed by atoms with E-state index in [2.05, 4.69) is 129 Å². The van der Waals surface area contributed by atoms with E-state index in [9.17, 15) is 19.4 Å². The van der Waals surface area contributed by atoms with Gasteiger partial charge in [0.05, 0.1) is 39.9 Å². The van der Waals surface area contributed by atoms with Gasteiger partial charge in [0.25, 0.3) is 0 Å². The average molecular weight is 938 g/mol. The van der Waals surface area contributed by atoms with Gasteiger partial charge in [0, 0.05) is 6.42 Å². The van der Waals surface area contributed by atoms with E-state index < -0.39 is 20.0 Å². The Morgan fingerprint density at radius 3 is 1.33 bits per heavy atom. The molecule has 0 fully saturated rings. The second-order valence-electron chi connectivity index (χ2n) is 18.2. The van der Waals surface area contributed by atoms with Crippen molar-refractivity contribution in [2.75, 3.05) is 40.9 Å². The van der Waals surface area contributed by atoms with Crippen molar-refractivity contribution >= 4 is 13.7 Å². The number of quaternary nitrogens is 1. The number of phosphoric ester groups is 1. The molecule has 0 aliphatic heterocycles. The molecule has 0 aromatic rings. The van der Waals surface area contributed by atoms with Crippen LogP contribution >= 0.6 is 7.82 Å². The van der Waals surface area contributed by atoms with E-state index >= 15 is 0 Å². The third-order valence-corrected chi connectivity index (χ3v) is 11.7. The number of aliphatic hydroxyl groups excluding tert-OH is 1. The quantitative estimate of drug-likeness (QED) is 0.0243. The van der Waals surface area contributed by atoms with Crippen molar-refractivity contribution in [2.45, 2.75) is 193 Å². The van der Waals surface area contributed by atoms with Gasteiger partial charge in [-0.15, -0.1) is 0 Å². The normalized spacial score (nSPS) is 15.1. The molecule has 0 rings (SSSR count). The number of hydrogen-bond acceptors (Lipinski definition) is 5. The number of carbonyl (C=O) groups excluding carboxylic acids is 1. The van der Waals surface area contributed by atoms with Crippen LogP contribution in [-0.4, -0.2) is 73.4 Å². The van der Waals surface area contributed by atoms with Gasteiger partial charge in [0.1, 0.15) is 13.2 Å². The Kier molecular flexibility index (Phi) is 44.8. The van der Waals surface area contributed by atoms with Gasteiger partial charge in [0.2, 0.25) is 5.91 Å². The number of nitrogens with one attached hydrogen (secondary N) is 1. The third kappa shape index (κ3) is 48.8. The van der Waals surface area contributed by atoms with Crippen molar-refractivity contribution < 1.29 is 32.9 Å². The minimum atomic E-state index is -4.34. The first-order valence-corrected chi connectivity index (χ1v) is 27.4. The summed E-state index contributed by atoms with van der Waals surface area (Å²) in [5.74, 6) is -0.194. The van der Waals surface area contributed by atoms with Gasteiger partial charge >= 0.3 is 7.82 Å². The predicted octanol–water partition coefficient (Wildman–Crippen LogP) is 15.4. The molecule has 9 heteroatoms. The van der Waals surface area contributed by atoms with E-state index in [1.807, 2.05) is 27.2 Å². The lowest BCUT2D eigenvalue weighted by atomic mass is 10.1. The Labute approximate surface area is 405 Å². The fourth-order valence-corrected chi connectivity index (χ4v) is 7.36. The molecule has 0 saturated carbocycles. The monoisotopic (exact) mass is 938 g/mol. The number of allylic oxidation sites excluding steroid dienone is 19. The maximum Gasteiger partial charge on any atom is 0.472 e. The highest BCUT2D eigenvalue weighted by molar-refractivity contribution is 7.47. The largest absolute Gasteiger partial charge is 0.472 e. The molecule has 0 aliphatic carbocycles. The molecule has 0 heterocycles. The highest BCUT2D eigenvalue weighted by Crippen LogP contribution is 2.43. The molecule has 66 heavy (non-hydrogen) atoms. The van der Waals surface area contributed by atoms with E-state index in [1.54, 1.807) is 6.08 Å². The van der Waals surface area contributed by atoms with Crippen molar-refractivity contribution in [3.8, 4) is 0 Å². The number of carbonyl (C=O) groups is 1. The van der Waals surface area contributed by atoms with Gasteiger partial charge in [-0.2, -0.15) is 0 Å². The Morgan fingerprint density at radius 1 is 0.530 bits per heavy atom. The van der Waals surface area contributed by atoms with Crippen LogP contribution < -0.4 is 5.32 Å². The standard InChI is InChI=1S/C57H97N2O6P/c1-6-8-10-12-14-15-16-17-18-19-20-21-22-23-24-25-26-27-28-29-30-31-32-33-34-35-36-37-38-39-40-41-42-43-45-47-49-51-57(61)58-55(56(60)50-48-46-44-13-11-9-7-2)54-65-66(62,63)64-53-52-59(3,4)5/h8,10,14-15,17-18,20-21,23-24,26-27,29-30,32-33,35-36,48,50,55-56,60H,6-7,9,11-13,16,19,22,25,28,31,34,37-47,49,51-54H2,1-5H3,(H-,58,61,62,63)/p+1/b10-8-,15-14-,18-17-,21-20-,24-23-,27-26-,30-29-,33-32-,36-35-,50-48+. The van der Waals surface area contributed by atoms with Crippen LogP contribution in [0.4, 0.5) is 0 Å². The Hall–Kier alpha value is -3.10. The minimum Gasteiger partial charge on any atom is -0.387 e. The summed E-state index contributed by atoms with van der Waals surface area (Å²) in [6.07, 6.45) is 70.3. The molecule has 0 saturated heterocycles. The number of amides is 1. The highest BCUT2D eigenvalue weighted by atomic mass is 31.2. The minimum absolute atomic E-state index is 0.0538. The Balaban J connectivity index is 4.03. The van der Waals surface area contributed by atoms with Gasteiger partial charge < -0.3 is 19.8 Å². The molecule has 0 radical (unpaired) electrons.